The summed E-state index contributed by atoms with van der Waals surface area (Å²) >= 11 is 6.14. The van der Waals surface area contributed by atoms with Gasteiger partial charge in [-0.2, -0.15) is 5.10 Å². The zero-order valence-corrected chi connectivity index (χ0v) is 12.9. The van der Waals surface area contributed by atoms with Crippen LogP contribution in [0.5, 0.6) is 0 Å². The zero-order chi connectivity index (χ0) is 15.5. The van der Waals surface area contributed by atoms with Crippen LogP contribution in [-0.4, -0.2) is 44.9 Å². The lowest BCUT2D eigenvalue weighted by molar-refractivity contribution is 0.0707. The Kier molecular flexibility index (Phi) is 4.45. The first-order valence-electron chi connectivity index (χ1n) is 7.36. The fourth-order valence-electron chi connectivity index (χ4n) is 2.47. The number of aliphatic hydroxyl groups excluding tert-OH is 1. The van der Waals surface area contributed by atoms with Gasteiger partial charge in [-0.3, -0.25) is 9.48 Å². The topological polar surface area (TPSA) is 58.4 Å². The van der Waals surface area contributed by atoms with Gasteiger partial charge in [0.25, 0.3) is 5.91 Å². The van der Waals surface area contributed by atoms with E-state index in [1.807, 2.05) is 24.3 Å². The molecule has 3 rings (SSSR count). The maximum absolute atomic E-state index is 12.5. The molecular weight excluding hydrogens is 302 g/mol. The third kappa shape index (κ3) is 3.31. The Hall–Kier alpha value is -1.85. The normalized spacial score (nSPS) is 14.1. The number of rotatable bonds is 6. The fourth-order valence-corrected chi connectivity index (χ4v) is 2.67. The summed E-state index contributed by atoms with van der Waals surface area (Å²) in [7, 11) is 0. The predicted octanol–water partition coefficient (Wildman–Crippen LogP) is 2.18. The highest BCUT2D eigenvalue weighted by Crippen LogP contribution is 2.28. The standard InChI is InChI=1S/C16H18ClN3O2/c17-15-4-2-1-3-12(15)10-19-11-13(9-18-19)16(22)20(7-8-21)14-5-6-14/h1-4,9,11,14,21H,5-8,10H2. The predicted molar refractivity (Wildman–Crippen MR) is 83.9 cm³/mol. The van der Waals surface area contributed by atoms with Crippen molar-refractivity contribution in [1.29, 1.82) is 0 Å². The molecule has 1 aromatic carbocycles. The van der Waals surface area contributed by atoms with Crippen LogP contribution in [-0.2, 0) is 6.54 Å². The molecule has 1 aliphatic carbocycles. The molecule has 0 radical (unpaired) electrons. The molecular formula is C16H18ClN3O2. The van der Waals surface area contributed by atoms with Crippen LogP contribution in [0.15, 0.2) is 36.7 Å². The van der Waals surface area contributed by atoms with Crippen LogP contribution in [0.2, 0.25) is 5.02 Å². The van der Waals surface area contributed by atoms with E-state index in [4.69, 9.17) is 16.7 Å². The van der Waals surface area contributed by atoms with E-state index in [0.717, 1.165) is 18.4 Å². The number of carbonyl (C=O) groups is 1. The summed E-state index contributed by atoms with van der Waals surface area (Å²) in [6.07, 6.45) is 5.34. The molecule has 0 atom stereocenters. The summed E-state index contributed by atoms with van der Waals surface area (Å²) in [5.74, 6) is -0.0676. The molecule has 1 N–H and O–H groups in total. The highest BCUT2D eigenvalue weighted by atomic mass is 35.5. The molecule has 116 valence electrons. The lowest BCUT2D eigenvalue weighted by Crippen LogP contribution is -2.35. The molecule has 0 saturated heterocycles. The lowest BCUT2D eigenvalue weighted by Gasteiger charge is -2.20. The Morgan fingerprint density at radius 2 is 2.18 bits per heavy atom. The molecule has 1 aliphatic rings. The zero-order valence-electron chi connectivity index (χ0n) is 12.2. The van der Waals surface area contributed by atoms with E-state index in [2.05, 4.69) is 5.10 Å². The van der Waals surface area contributed by atoms with Gasteiger partial charge in [-0.05, 0) is 24.5 Å². The monoisotopic (exact) mass is 319 g/mol. The number of hydrogen-bond acceptors (Lipinski definition) is 3. The van der Waals surface area contributed by atoms with E-state index in [0.29, 0.717) is 23.7 Å². The minimum atomic E-state index is -0.0676. The third-order valence-corrected chi connectivity index (χ3v) is 4.13. The largest absolute Gasteiger partial charge is 0.395 e. The van der Waals surface area contributed by atoms with E-state index in [1.54, 1.807) is 22.0 Å². The van der Waals surface area contributed by atoms with Crippen LogP contribution >= 0.6 is 11.6 Å². The molecule has 6 heteroatoms. The van der Waals surface area contributed by atoms with Gasteiger partial charge in [-0.25, -0.2) is 0 Å². The van der Waals surface area contributed by atoms with Gasteiger partial charge in [-0.15, -0.1) is 0 Å². The fraction of sp³-hybridized carbons (Fsp3) is 0.375. The van der Waals surface area contributed by atoms with E-state index in [-0.39, 0.29) is 18.6 Å². The maximum Gasteiger partial charge on any atom is 0.257 e. The van der Waals surface area contributed by atoms with Crippen LogP contribution < -0.4 is 0 Å². The SMILES string of the molecule is O=C(c1cnn(Cc2ccccc2Cl)c1)N(CCO)C1CC1. The maximum atomic E-state index is 12.5. The highest BCUT2D eigenvalue weighted by molar-refractivity contribution is 6.31. The molecule has 0 unspecified atom stereocenters. The van der Waals surface area contributed by atoms with Crippen LogP contribution in [0.1, 0.15) is 28.8 Å². The van der Waals surface area contributed by atoms with Crippen molar-refractivity contribution < 1.29 is 9.90 Å². The van der Waals surface area contributed by atoms with Gasteiger partial charge in [-0.1, -0.05) is 29.8 Å². The molecule has 5 nitrogen and oxygen atoms in total. The second-order valence-corrected chi connectivity index (χ2v) is 5.88. The Morgan fingerprint density at radius 1 is 1.41 bits per heavy atom. The van der Waals surface area contributed by atoms with Crippen LogP contribution in [0.3, 0.4) is 0 Å². The van der Waals surface area contributed by atoms with E-state index < -0.39 is 0 Å². The molecule has 2 aromatic rings. The molecule has 1 heterocycles. The van der Waals surface area contributed by atoms with Crippen molar-refractivity contribution in [1.82, 2.24) is 14.7 Å². The van der Waals surface area contributed by atoms with Gasteiger partial charge in [0.2, 0.25) is 0 Å². The number of amides is 1. The number of benzene rings is 1. The average molecular weight is 320 g/mol. The van der Waals surface area contributed by atoms with Crippen molar-refractivity contribution in [2.24, 2.45) is 0 Å². The van der Waals surface area contributed by atoms with Crippen molar-refractivity contribution in [3.63, 3.8) is 0 Å². The van der Waals surface area contributed by atoms with Gasteiger partial charge >= 0.3 is 0 Å². The quantitative estimate of drug-likeness (QED) is 0.888. The van der Waals surface area contributed by atoms with Crippen LogP contribution in [0, 0.1) is 0 Å². The molecule has 1 fully saturated rings. The average Bonchev–Trinajstić information content (AvgIpc) is 3.25. The van der Waals surface area contributed by atoms with Crippen molar-refractivity contribution in [3.05, 3.63) is 52.8 Å². The summed E-state index contributed by atoms with van der Waals surface area (Å²) in [6.45, 7) is 0.881. The lowest BCUT2D eigenvalue weighted by atomic mass is 10.2. The molecule has 1 saturated carbocycles. The second-order valence-electron chi connectivity index (χ2n) is 5.47. The first-order valence-corrected chi connectivity index (χ1v) is 7.74. The highest BCUT2D eigenvalue weighted by Gasteiger charge is 2.33. The van der Waals surface area contributed by atoms with Gasteiger partial charge in [0.1, 0.15) is 0 Å². The molecule has 0 aliphatic heterocycles. The number of halogens is 1. The Balaban J connectivity index is 1.73. The Bertz CT molecular complexity index is 667. The summed E-state index contributed by atoms with van der Waals surface area (Å²) in [6, 6.07) is 7.85. The molecule has 0 spiro atoms. The number of carbonyl (C=O) groups excluding carboxylic acids is 1. The van der Waals surface area contributed by atoms with Crippen LogP contribution in [0.4, 0.5) is 0 Å². The summed E-state index contributed by atoms with van der Waals surface area (Å²) in [4.78, 5) is 14.2. The van der Waals surface area contributed by atoms with Crippen molar-refractivity contribution in [2.45, 2.75) is 25.4 Å². The number of aromatic nitrogens is 2. The van der Waals surface area contributed by atoms with E-state index in [9.17, 15) is 4.79 Å². The number of nitrogens with zero attached hydrogens (tertiary/aromatic N) is 3. The van der Waals surface area contributed by atoms with Gasteiger partial charge < -0.3 is 10.0 Å². The third-order valence-electron chi connectivity index (χ3n) is 3.76. The Labute approximate surface area is 134 Å². The minimum absolute atomic E-state index is 0.0179. The smallest absolute Gasteiger partial charge is 0.257 e. The van der Waals surface area contributed by atoms with Crippen molar-refractivity contribution in [2.75, 3.05) is 13.2 Å². The van der Waals surface area contributed by atoms with Crippen molar-refractivity contribution in [3.8, 4) is 0 Å². The molecule has 22 heavy (non-hydrogen) atoms. The number of hydrogen-bond donors (Lipinski definition) is 1. The van der Waals surface area contributed by atoms with E-state index in [1.165, 1.54) is 0 Å². The van der Waals surface area contributed by atoms with Gasteiger partial charge in [0, 0.05) is 23.8 Å². The first kappa shape index (κ1) is 15.1. The van der Waals surface area contributed by atoms with Gasteiger partial charge in [0.15, 0.2) is 0 Å². The van der Waals surface area contributed by atoms with E-state index >= 15 is 0 Å². The molecule has 1 amide bonds. The summed E-state index contributed by atoms with van der Waals surface area (Å²) < 4.78 is 1.71. The minimum Gasteiger partial charge on any atom is -0.395 e. The van der Waals surface area contributed by atoms with Gasteiger partial charge in [0.05, 0.1) is 24.9 Å². The molecule has 1 aromatic heterocycles. The first-order chi connectivity index (χ1) is 10.7. The summed E-state index contributed by atoms with van der Waals surface area (Å²) in [5.41, 5.74) is 1.51. The number of aliphatic hydroxyl groups is 1. The second kappa shape index (κ2) is 6.50. The Morgan fingerprint density at radius 3 is 2.86 bits per heavy atom. The van der Waals surface area contributed by atoms with Crippen molar-refractivity contribution >= 4 is 17.5 Å². The molecule has 0 bridgehead atoms. The van der Waals surface area contributed by atoms with Crippen LogP contribution in [0.25, 0.3) is 0 Å². The summed E-state index contributed by atoms with van der Waals surface area (Å²) in [5, 5.41) is 14.0.